The van der Waals surface area contributed by atoms with Crippen LogP contribution in [0.1, 0.15) is 39.5 Å². The van der Waals surface area contributed by atoms with E-state index < -0.39 is 0 Å². The molecule has 0 spiro atoms. The lowest BCUT2D eigenvalue weighted by molar-refractivity contribution is -0.152. The second-order valence-electron chi connectivity index (χ2n) is 4.85. The highest BCUT2D eigenvalue weighted by atomic mass is 127. The Morgan fingerprint density at radius 2 is 1.73 bits per heavy atom. The first-order valence-corrected chi connectivity index (χ1v) is 6.88. The second kappa shape index (κ2) is 5.27. The standard InChI is InChI=1S/C11H18INO2/c1-11(2)7-9(14)13(10(15)8-11)6-4-3-5-12/h3-8H2,1-2H3. The van der Waals surface area contributed by atoms with Crippen molar-refractivity contribution in [3.8, 4) is 0 Å². The van der Waals surface area contributed by atoms with Crippen LogP contribution in [0.25, 0.3) is 0 Å². The van der Waals surface area contributed by atoms with Gasteiger partial charge in [-0.15, -0.1) is 0 Å². The summed E-state index contributed by atoms with van der Waals surface area (Å²) in [7, 11) is 0. The van der Waals surface area contributed by atoms with Gasteiger partial charge in [0, 0.05) is 19.4 Å². The minimum absolute atomic E-state index is 0.00436. The van der Waals surface area contributed by atoms with Crippen molar-refractivity contribution in [2.75, 3.05) is 11.0 Å². The molecular weight excluding hydrogens is 305 g/mol. The molecule has 2 amide bonds. The van der Waals surface area contributed by atoms with Crippen LogP contribution in [0.4, 0.5) is 0 Å². The Labute approximate surface area is 105 Å². The van der Waals surface area contributed by atoms with Crippen LogP contribution in [0, 0.1) is 5.41 Å². The van der Waals surface area contributed by atoms with Crippen molar-refractivity contribution < 1.29 is 9.59 Å². The van der Waals surface area contributed by atoms with E-state index in [1.807, 2.05) is 13.8 Å². The summed E-state index contributed by atoms with van der Waals surface area (Å²) in [4.78, 5) is 24.9. The van der Waals surface area contributed by atoms with E-state index in [0.717, 1.165) is 17.3 Å². The molecule has 86 valence electrons. The van der Waals surface area contributed by atoms with E-state index in [2.05, 4.69) is 22.6 Å². The molecule has 1 fully saturated rings. The monoisotopic (exact) mass is 323 g/mol. The largest absolute Gasteiger partial charge is 0.283 e. The van der Waals surface area contributed by atoms with Gasteiger partial charge in [-0.3, -0.25) is 14.5 Å². The molecule has 1 saturated heterocycles. The number of hydrogen-bond acceptors (Lipinski definition) is 2. The van der Waals surface area contributed by atoms with Gasteiger partial charge in [0.05, 0.1) is 0 Å². The predicted molar refractivity (Wildman–Crippen MR) is 67.9 cm³/mol. The van der Waals surface area contributed by atoms with Crippen molar-refractivity contribution in [2.24, 2.45) is 5.41 Å². The number of carbonyl (C=O) groups excluding carboxylic acids is 2. The topological polar surface area (TPSA) is 37.4 Å². The van der Waals surface area contributed by atoms with Crippen LogP contribution < -0.4 is 0 Å². The van der Waals surface area contributed by atoms with Crippen molar-refractivity contribution >= 4 is 34.4 Å². The average Bonchev–Trinajstić information content (AvgIpc) is 2.08. The van der Waals surface area contributed by atoms with Crippen LogP contribution >= 0.6 is 22.6 Å². The molecule has 4 heteroatoms. The lowest BCUT2D eigenvalue weighted by Gasteiger charge is -2.34. The molecule has 0 atom stereocenters. The minimum atomic E-state index is -0.145. The molecule has 0 aromatic heterocycles. The molecule has 0 radical (unpaired) electrons. The van der Waals surface area contributed by atoms with E-state index >= 15 is 0 Å². The number of carbonyl (C=O) groups is 2. The number of nitrogens with zero attached hydrogens (tertiary/aromatic N) is 1. The summed E-state index contributed by atoms with van der Waals surface area (Å²) in [5, 5.41) is 0. The molecule has 1 aliphatic rings. The summed E-state index contributed by atoms with van der Waals surface area (Å²) in [5.41, 5.74) is -0.145. The van der Waals surface area contributed by atoms with Gasteiger partial charge in [-0.1, -0.05) is 36.4 Å². The second-order valence-corrected chi connectivity index (χ2v) is 5.93. The number of hydrogen-bond donors (Lipinski definition) is 0. The zero-order chi connectivity index (χ0) is 11.5. The number of imide groups is 1. The van der Waals surface area contributed by atoms with Crippen LogP contribution in [0.15, 0.2) is 0 Å². The predicted octanol–water partition coefficient (Wildman–Crippen LogP) is 2.38. The molecule has 0 aromatic carbocycles. The lowest BCUT2D eigenvalue weighted by Crippen LogP contribution is -2.46. The maximum Gasteiger partial charge on any atom is 0.229 e. The number of amides is 2. The van der Waals surface area contributed by atoms with Gasteiger partial charge in [0.25, 0.3) is 0 Å². The Kier molecular flexibility index (Phi) is 4.55. The minimum Gasteiger partial charge on any atom is -0.283 e. The highest BCUT2D eigenvalue weighted by molar-refractivity contribution is 14.1. The van der Waals surface area contributed by atoms with Gasteiger partial charge in [0.1, 0.15) is 0 Å². The fourth-order valence-electron chi connectivity index (χ4n) is 1.83. The van der Waals surface area contributed by atoms with Crippen LogP contribution in [0.5, 0.6) is 0 Å². The molecule has 1 rings (SSSR count). The molecule has 1 heterocycles. The summed E-state index contributed by atoms with van der Waals surface area (Å²) < 4.78 is 1.08. The number of halogens is 1. The van der Waals surface area contributed by atoms with E-state index in [4.69, 9.17) is 0 Å². The SMILES string of the molecule is CC1(C)CC(=O)N(CCCCI)C(=O)C1. The van der Waals surface area contributed by atoms with Gasteiger partial charge >= 0.3 is 0 Å². The van der Waals surface area contributed by atoms with Crippen LogP contribution in [0.2, 0.25) is 0 Å². The summed E-state index contributed by atoms with van der Waals surface area (Å²) in [5.74, 6) is 0.00872. The summed E-state index contributed by atoms with van der Waals surface area (Å²) >= 11 is 2.31. The summed E-state index contributed by atoms with van der Waals surface area (Å²) in [6.07, 6.45) is 3.01. The molecule has 0 N–H and O–H groups in total. The van der Waals surface area contributed by atoms with Crippen molar-refractivity contribution in [3.63, 3.8) is 0 Å². The zero-order valence-corrected chi connectivity index (χ0v) is 11.5. The Morgan fingerprint density at radius 3 is 2.20 bits per heavy atom. The van der Waals surface area contributed by atoms with Gasteiger partial charge in [-0.2, -0.15) is 0 Å². The van der Waals surface area contributed by atoms with Crippen molar-refractivity contribution in [1.82, 2.24) is 4.90 Å². The Balaban J connectivity index is 2.52. The van der Waals surface area contributed by atoms with Gasteiger partial charge in [-0.05, 0) is 22.7 Å². The fourth-order valence-corrected chi connectivity index (χ4v) is 2.36. The quantitative estimate of drug-likeness (QED) is 0.345. The molecule has 3 nitrogen and oxygen atoms in total. The van der Waals surface area contributed by atoms with Gasteiger partial charge in [-0.25, -0.2) is 0 Å². The first-order valence-electron chi connectivity index (χ1n) is 5.35. The molecular formula is C11H18INO2. The maximum atomic E-state index is 11.7. The molecule has 0 bridgehead atoms. The summed E-state index contributed by atoms with van der Waals surface area (Å²) in [6.45, 7) is 4.56. The molecule has 0 aromatic rings. The number of rotatable bonds is 4. The Bertz CT molecular complexity index is 243. The highest BCUT2D eigenvalue weighted by Gasteiger charge is 2.36. The Morgan fingerprint density at radius 1 is 1.20 bits per heavy atom. The number of likely N-dealkylation sites (tertiary alicyclic amines) is 1. The molecule has 15 heavy (non-hydrogen) atoms. The van der Waals surface area contributed by atoms with Gasteiger partial charge in [0.15, 0.2) is 0 Å². The third-order valence-electron chi connectivity index (χ3n) is 2.63. The zero-order valence-electron chi connectivity index (χ0n) is 9.38. The third-order valence-corrected chi connectivity index (χ3v) is 3.39. The highest BCUT2D eigenvalue weighted by Crippen LogP contribution is 2.31. The van der Waals surface area contributed by atoms with E-state index in [1.165, 1.54) is 4.90 Å². The van der Waals surface area contributed by atoms with Crippen molar-refractivity contribution in [3.05, 3.63) is 0 Å². The van der Waals surface area contributed by atoms with Gasteiger partial charge in [0.2, 0.25) is 11.8 Å². The van der Waals surface area contributed by atoms with E-state index in [0.29, 0.717) is 19.4 Å². The Hall–Kier alpha value is -0.130. The first kappa shape index (κ1) is 12.9. The molecule has 0 unspecified atom stereocenters. The van der Waals surface area contributed by atoms with Crippen LogP contribution in [0.3, 0.4) is 0 Å². The molecule has 0 aliphatic carbocycles. The van der Waals surface area contributed by atoms with E-state index in [9.17, 15) is 9.59 Å². The maximum absolute atomic E-state index is 11.7. The number of alkyl halides is 1. The van der Waals surface area contributed by atoms with Crippen LogP contribution in [-0.2, 0) is 9.59 Å². The average molecular weight is 323 g/mol. The summed E-state index contributed by atoms with van der Waals surface area (Å²) in [6, 6.07) is 0. The number of unbranched alkanes of at least 4 members (excludes halogenated alkanes) is 1. The number of piperidine rings is 1. The smallest absolute Gasteiger partial charge is 0.229 e. The lowest BCUT2D eigenvalue weighted by atomic mass is 9.82. The molecule has 0 saturated carbocycles. The van der Waals surface area contributed by atoms with Crippen molar-refractivity contribution in [2.45, 2.75) is 39.5 Å². The van der Waals surface area contributed by atoms with Gasteiger partial charge < -0.3 is 0 Å². The first-order chi connectivity index (χ1) is 6.96. The van der Waals surface area contributed by atoms with Crippen molar-refractivity contribution in [1.29, 1.82) is 0 Å². The van der Waals surface area contributed by atoms with E-state index in [-0.39, 0.29) is 17.2 Å². The molecule has 1 aliphatic heterocycles. The third kappa shape index (κ3) is 3.74. The normalized spacial score (nSPS) is 20.9. The fraction of sp³-hybridized carbons (Fsp3) is 0.818. The van der Waals surface area contributed by atoms with Crippen LogP contribution in [-0.4, -0.2) is 27.7 Å². The van der Waals surface area contributed by atoms with E-state index in [1.54, 1.807) is 0 Å².